The van der Waals surface area contributed by atoms with Crippen molar-refractivity contribution in [2.45, 2.75) is 24.7 Å². The van der Waals surface area contributed by atoms with E-state index in [1.165, 1.54) is 13.2 Å². The first kappa shape index (κ1) is 17.3. The van der Waals surface area contributed by atoms with Crippen LogP contribution in [0.15, 0.2) is 47.4 Å². The highest BCUT2D eigenvalue weighted by molar-refractivity contribution is 7.92. The Morgan fingerprint density at radius 2 is 1.92 bits per heavy atom. The Balaban J connectivity index is 1.90. The third-order valence-corrected chi connectivity index (χ3v) is 5.56. The molecule has 1 saturated heterocycles. The number of amides is 1. The maximum atomic E-state index is 12.7. The van der Waals surface area contributed by atoms with Gasteiger partial charge in [0.05, 0.1) is 17.7 Å². The lowest BCUT2D eigenvalue weighted by atomic mass is 10.2. The zero-order valence-electron chi connectivity index (χ0n) is 14.2. The standard InChI is InChI=1S/C18H20N2O4S/c1-13-12-14(9-10-16(13)20-11-5-8-18(20)21)25(22,23)19-15-6-3-4-7-17(15)24-2/h3-4,6-7,9-10,12,19H,5,8,11H2,1-2H3. The van der Waals surface area contributed by atoms with Gasteiger partial charge in [0.25, 0.3) is 10.0 Å². The van der Waals surface area contributed by atoms with Crippen LogP contribution in [0.5, 0.6) is 5.75 Å². The van der Waals surface area contributed by atoms with Crippen LogP contribution < -0.4 is 14.4 Å². The Kier molecular flexibility index (Phi) is 4.67. The minimum atomic E-state index is -3.76. The van der Waals surface area contributed by atoms with Crippen molar-refractivity contribution in [3.05, 3.63) is 48.0 Å². The molecule has 1 aliphatic rings. The smallest absolute Gasteiger partial charge is 0.262 e. The van der Waals surface area contributed by atoms with Crippen LogP contribution in [0.3, 0.4) is 0 Å². The van der Waals surface area contributed by atoms with Crippen LogP contribution in [0.4, 0.5) is 11.4 Å². The molecule has 132 valence electrons. The van der Waals surface area contributed by atoms with Gasteiger partial charge in [-0.3, -0.25) is 9.52 Å². The molecule has 0 radical (unpaired) electrons. The number of sulfonamides is 1. The van der Waals surface area contributed by atoms with Gasteiger partial charge in [0.2, 0.25) is 5.91 Å². The zero-order chi connectivity index (χ0) is 18.0. The van der Waals surface area contributed by atoms with E-state index in [-0.39, 0.29) is 10.8 Å². The van der Waals surface area contributed by atoms with Crippen LogP contribution in [0.1, 0.15) is 18.4 Å². The summed E-state index contributed by atoms with van der Waals surface area (Å²) in [4.78, 5) is 13.8. The largest absolute Gasteiger partial charge is 0.495 e. The summed E-state index contributed by atoms with van der Waals surface area (Å²) in [5.74, 6) is 0.521. The van der Waals surface area contributed by atoms with E-state index in [4.69, 9.17) is 4.74 Å². The summed E-state index contributed by atoms with van der Waals surface area (Å²) in [6.07, 6.45) is 1.36. The molecule has 1 N–H and O–H groups in total. The second kappa shape index (κ2) is 6.76. The summed E-state index contributed by atoms with van der Waals surface area (Å²) in [7, 11) is -2.27. The van der Waals surface area contributed by atoms with Gasteiger partial charge in [0, 0.05) is 18.7 Å². The van der Waals surface area contributed by atoms with Gasteiger partial charge in [-0.25, -0.2) is 8.42 Å². The average molecular weight is 360 g/mol. The fourth-order valence-electron chi connectivity index (χ4n) is 2.93. The number of methoxy groups -OCH3 is 1. The van der Waals surface area contributed by atoms with E-state index in [0.29, 0.717) is 24.4 Å². The molecule has 1 aliphatic heterocycles. The van der Waals surface area contributed by atoms with Gasteiger partial charge in [0.1, 0.15) is 5.75 Å². The highest BCUT2D eigenvalue weighted by Crippen LogP contribution is 2.30. The quantitative estimate of drug-likeness (QED) is 0.889. The number of para-hydroxylation sites is 2. The van der Waals surface area contributed by atoms with Crippen molar-refractivity contribution in [1.82, 2.24) is 0 Å². The summed E-state index contributed by atoms with van der Waals surface area (Å²) in [5.41, 5.74) is 1.89. The average Bonchev–Trinajstić information content (AvgIpc) is 3.01. The first-order chi connectivity index (χ1) is 11.9. The van der Waals surface area contributed by atoms with Crippen LogP contribution in [-0.2, 0) is 14.8 Å². The van der Waals surface area contributed by atoms with E-state index in [2.05, 4.69) is 4.72 Å². The summed E-state index contributed by atoms with van der Waals surface area (Å²) >= 11 is 0. The molecule has 3 rings (SSSR count). The highest BCUT2D eigenvalue weighted by Gasteiger charge is 2.24. The minimum absolute atomic E-state index is 0.0749. The van der Waals surface area contributed by atoms with Crippen LogP contribution in [0.25, 0.3) is 0 Å². The first-order valence-electron chi connectivity index (χ1n) is 7.99. The van der Waals surface area contributed by atoms with Crippen molar-refractivity contribution in [2.24, 2.45) is 0 Å². The number of ether oxygens (including phenoxy) is 1. The van der Waals surface area contributed by atoms with E-state index in [0.717, 1.165) is 17.7 Å². The van der Waals surface area contributed by atoms with Crippen LogP contribution in [-0.4, -0.2) is 28.0 Å². The predicted molar refractivity (Wildman–Crippen MR) is 96.6 cm³/mol. The monoisotopic (exact) mass is 360 g/mol. The van der Waals surface area contributed by atoms with Gasteiger partial charge < -0.3 is 9.64 Å². The molecule has 2 aromatic carbocycles. The fraction of sp³-hybridized carbons (Fsp3) is 0.278. The molecule has 0 saturated carbocycles. The molecule has 25 heavy (non-hydrogen) atoms. The number of benzene rings is 2. The molecule has 0 spiro atoms. The van der Waals surface area contributed by atoms with E-state index in [9.17, 15) is 13.2 Å². The van der Waals surface area contributed by atoms with Crippen LogP contribution in [0, 0.1) is 6.92 Å². The van der Waals surface area contributed by atoms with Crippen LogP contribution >= 0.6 is 0 Å². The number of nitrogens with zero attached hydrogens (tertiary/aromatic N) is 1. The lowest BCUT2D eigenvalue weighted by Gasteiger charge is -2.19. The summed E-state index contributed by atoms with van der Waals surface area (Å²) < 4.78 is 33.1. The van der Waals surface area contributed by atoms with Gasteiger partial charge in [-0.15, -0.1) is 0 Å². The highest BCUT2D eigenvalue weighted by atomic mass is 32.2. The van der Waals surface area contributed by atoms with Gasteiger partial charge in [-0.05, 0) is 49.2 Å². The fourth-order valence-corrected chi connectivity index (χ4v) is 4.09. The Morgan fingerprint density at radius 1 is 1.16 bits per heavy atom. The summed E-state index contributed by atoms with van der Waals surface area (Å²) in [6.45, 7) is 2.48. The number of anilines is 2. The molecule has 2 aromatic rings. The molecule has 0 aliphatic carbocycles. The molecule has 1 fully saturated rings. The zero-order valence-corrected chi connectivity index (χ0v) is 15.0. The molecule has 0 bridgehead atoms. The second-order valence-corrected chi connectivity index (χ2v) is 7.59. The van der Waals surface area contributed by atoms with E-state index in [1.54, 1.807) is 41.3 Å². The Hall–Kier alpha value is -2.54. The van der Waals surface area contributed by atoms with Crippen molar-refractivity contribution < 1.29 is 17.9 Å². The minimum Gasteiger partial charge on any atom is -0.495 e. The normalized spacial score (nSPS) is 14.6. The molecular weight excluding hydrogens is 340 g/mol. The SMILES string of the molecule is COc1ccccc1NS(=O)(=O)c1ccc(N2CCCC2=O)c(C)c1. The van der Waals surface area contributed by atoms with Crippen molar-refractivity contribution >= 4 is 27.3 Å². The van der Waals surface area contributed by atoms with Crippen molar-refractivity contribution in [1.29, 1.82) is 0 Å². The van der Waals surface area contributed by atoms with Gasteiger partial charge in [-0.2, -0.15) is 0 Å². The molecule has 6 nitrogen and oxygen atoms in total. The second-order valence-electron chi connectivity index (χ2n) is 5.90. The van der Waals surface area contributed by atoms with Crippen molar-refractivity contribution in [3.8, 4) is 5.75 Å². The van der Waals surface area contributed by atoms with E-state index < -0.39 is 10.0 Å². The topological polar surface area (TPSA) is 75.7 Å². The number of aryl methyl sites for hydroxylation is 1. The van der Waals surface area contributed by atoms with E-state index >= 15 is 0 Å². The molecule has 0 unspecified atom stereocenters. The molecule has 0 aromatic heterocycles. The van der Waals surface area contributed by atoms with Crippen molar-refractivity contribution in [2.75, 3.05) is 23.3 Å². The third kappa shape index (κ3) is 3.46. The van der Waals surface area contributed by atoms with Crippen molar-refractivity contribution in [3.63, 3.8) is 0 Å². The molecular formula is C18H20N2O4S. The number of rotatable bonds is 5. The Bertz CT molecular complexity index is 909. The van der Waals surface area contributed by atoms with Gasteiger partial charge >= 0.3 is 0 Å². The Labute approximate surface area is 147 Å². The third-order valence-electron chi connectivity index (χ3n) is 4.19. The molecule has 0 atom stereocenters. The lowest BCUT2D eigenvalue weighted by Crippen LogP contribution is -2.24. The van der Waals surface area contributed by atoms with Gasteiger partial charge in [-0.1, -0.05) is 12.1 Å². The molecule has 7 heteroatoms. The summed E-state index contributed by atoms with van der Waals surface area (Å²) in [6, 6.07) is 11.6. The van der Waals surface area contributed by atoms with Crippen LogP contribution in [0.2, 0.25) is 0 Å². The number of hydrogen-bond acceptors (Lipinski definition) is 4. The Morgan fingerprint density at radius 3 is 2.56 bits per heavy atom. The molecule has 1 amide bonds. The first-order valence-corrected chi connectivity index (χ1v) is 9.47. The molecule has 1 heterocycles. The van der Waals surface area contributed by atoms with Gasteiger partial charge in [0.15, 0.2) is 0 Å². The number of hydrogen-bond donors (Lipinski definition) is 1. The predicted octanol–water partition coefficient (Wildman–Crippen LogP) is 2.93. The lowest BCUT2D eigenvalue weighted by molar-refractivity contribution is -0.117. The maximum Gasteiger partial charge on any atom is 0.262 e. The maximum absolute atomic E-state index is 12.7. The number of carbonyl (C=O) groups excluding carboxylic acids is 1. The number of carbonyl (C=O) groups is 1. The summed E-state index contributed by atoms with van der Waals surface area (Å²) in [5, 5.41) is 0. The number of nitrogens with one attached hydrogen (secondary N) is 1. The van der Waals surface area contributed by atoms with E-state index in [1.807, 2.05) is 6.92 Å².